The zero-order chi connectivity index (χ0) is 14.8. The Balaban J connectivity index is 1.58. The largest absolute Gasteiger partial charge is 0.497 e. The zero-order valence-electron chi connectivity index (χ0n) is 12.8. The molecule has 0 radical (unpaired) electrons. The standard InChI is InChI=1S/C17H24N2O2/c1-12-9-14-10-18-11-16(14)19(12)17(20)8-5-13-3-6-15(21-2)7-4-13/h3-4,6-7,12,14,16,18H,5,8-11H2,1-2H3. The normalized spacial score (nSPS) is 27.7. The summed E-state index contributed by atoms with van der Waals surface area (Å²) in [5, 5.41) is 3.41. The lowest BCUT2D eigenvalue weighted by Crippen LogP contribution is -2.42. The molecule has 4 nitrogen and oxygen atoms in total. The number of amides is 1. The maximum Gasteiger partial charge on any atom is 0.223 e. The van der Waals surface area contributed by atoms with Gasteiger partial charge in [0.15, 0.2) is 0 Å². The average Bonchev–Trinajstić information content (AvgIpc) is 3.05. The first-order valence-electron chi connectivity index (χ1n) is 7.84. The highest BCUT2D eigenvalue weighted by atomic mass is 16.5. The van der Waals surface area contributed by atoms with Crippen LogP contribution < -0.4 is 10.1 Å². The number of carbonyl (C=O) groups excluding carboxylic acids is 1. The Morgan fingerprint density at radius 1 is 1.33 bits per heavy atom. The highest BCUT2D eigenvalue weighted by Gasteiger charge is 2.43. The van der Waals surface area contributed by atoms with E-state index in [2.05, 4.69) is 17.1 Å². The van der Waals surface area contributed by atoms with Crippen molar-refractivity contribution in [1.82, 2.24) is 10.2 Å². The third-order valence-corrected chi connectivity index (χ3v) is 4.85. The second-order valence-corrected chi connectivity index (χ2v) is 6.22. The molecular weight excluding hydrogens is 264 g/mol. The SMILES string of the molecule is COc1ccc(CCC(=O)N2C(C)CC3CNCC32)cc1. The average molecular weight is 288 g/mol. The lowest BCUT2D eigenvalue weighted by Gasteiger charge is -2.27. The van der Waals surface area contributed by atoms with Gasteiger partial charge in [0, 0.05) is 31.6 Å². The molecule has 2 aliphatic heterocycles. The van der Waals surface area contributed by atoms with Crippen molar-refractivity contribution in [2.45, 2.75) is 38.3 Å². The van der Waals surface area contributed by atoms with Crippen LogP contribution in [-0.2, 0) is 11.2 Å². The minimum Gasteiger partial charge on any atom is -0.497 e. The highest BCUT2D eigenvalue weighted by Crippen LogP contribution is 2.32. The van der Waals surface area contributed by atoms with Gasteiger partial charge < -0.3 is 15.0 Å². The summed E-state index contributed by atoms with van der Waals surface area (Å²) in [5.41, 5.74) is 1.19. The summed E-state index contributed by atoms with van der Waals surface area (Å²) in [6.45, 7) is 4.21. The van der Waals surface area contributed by atoms with E-state index in [1.54, 1.807) is 7.11 Å². The van der Waals surface area contributed by atoms with E-state index in [4.69, 9.17) is 4.74 Å². The quantitative estimate of drug-likeness (QED) is 0.919. The van der Waals surface area contributed by atoms with Gasteiger partial charge in [-0.25, -0.2) is 0 Å². The fraction of sp³-hybridized carbons (Fsp3) is 0.588. The van der Waals surface area contributed by atoms with Crippen LogP contribution in [0.2, 0.25) is 0 Å². The fourth-order valence-corrected chi connectivity index (χ4v) is 3.77. The monoisotopic (exact) mass is 288 g/mol. The van der Waals surface area contributed by atoms with Crippen molar-refractivity contribution in [3.8, 4) is 5.75 Å². The van der Waals surface area contributed by atoms with Gasteiger partial charge in [-0.2, -0.15) is 0 Å². The Morgan fingerprint density at radius 2 is 2.10 bits per heavy atom. The van der Waals surface area contributed by atoms with E-state index in [9.17, 15) is 4.79 Å². The van der Waals surface area contributed by atoms with Crippen LogP contribution in [0.5, 0.6) is 5.75 Å². The van der Waals surface area contributed by atoms with Gasteiger partial charge in [-0.05, 0) is 43.4 Å². The number of carbonyl (C=O) groups is 1. The first-order valence-corrected chi connectivity index (χ1v) is 7.84. The van der Waals surface area contributed by atoms with Crippen molar-refractivity contribution < 1.29 is 9.53 Å². The van der Waals surface area contributed by atoms with Crippen molar-refractivity contribution in [2.24, 2.45) is 5.92 Å². The second kappa shape index (κ2) is 6.06. The van der Waals surface area contributed by atoms with Gasteiger partial charge in [0.05, 0.1) is 7.11 Å². The predicted molar refractivity (Wildman–Crippen MR) is 82.4 cm³/mol. The first kappa shape index (κ1) is 14.4. The van der Waals surface area contributed by atoms with Crippen molar-refractivity contribution in [2.75, 3.05) is 20.2 Å². The molecule has 21 heavy (non-hydrogen) atoms. The molecule has 3 rings (SSSR count). The lowest BCUT2D eigenvalue weighted by molar-refractivity contribution is -0.133. The Kier molecular flexibility index (Phi) is 4.15. The van der Waals surface area contributed by atoms with Crippen molar-refractivity contribution in [3.63, 3.8) is 0 Å². The van der Waals surface area contributed by atoms with E-state index in [-0.39, 0.29) is 0 Å². The van der Waals surface area contributed by atoms with Gasteiger partial charge in [-0.1, -0.05) is 12.1 Å². The predicted octanol–water partition coefficient (Wildman–Crippen LogP) is 1.84. The Labute approximate surface area is 126 Å². The molecule has 3 atom stereocenters. The number of ether oxygens (including phenoxy) is 1. The van der Waals surface area contributed by atoms with Crippen LogP contribution in [0.25, 0.3) is 0 Å². The number of rotatable bonds is 4. The highest BCUT2D eigenvalue weighted by molar-refractivity contribution is 5.77. The molecule has 2 aliphatic rings. The van der Waals surface area contributed by atoms with Gasteiger partial charge >= 0.3 is 0 Å². The summed E-state index contributed by atoms with van der Waals surface area (Å²) >= 11 is 0. The van der Waals surface area contributed by atoms with Crippen molar-refractivity contribution in [1.29, 1.82) is 0 Å². The second-order valence-electron chi connectivity index (χ2n) is 6.22. The number of nitrogens with zero attached hydrogens (tertiary/aromatic N) is 1. The molecule has 3 unspecified atom stereocenters. The number of fused-ring (bicyclic) bond motifs is 1. The molecule has 1 aromatic carbocycles. The molecule has 2 heterocycles. The number of nitrogens with one attached hydrogen (secondary N) is 1. The smallest absolute Gasteiger partial charge is 0.223 e. The van der Waals surface area contributed by atoms with E-state index < -0.39 is 0 Å². The zero-order valence-corrected chi connectivity index (χ0v) is 12.8. The lowest BCUT2D eigenvalue weighted by atomic mass is 10.0. The topological polar surface area (TPSA) is 41.6 Å². The Morgan fingerprint density at radius 3 is 2.81 bits per heavy atom. The molecule has 0 aliphatic carbocycles. The van der Waals surface area contributed by atoms with E-state index in [0.29, 0.717) is 30.3 Å². The minimum absolute atomic E-state index is 0.300. The molecule has 2 fully saturated rings. The van der Waals surface area contributed by atoms with E-state index >= 15 is 0 Å². The molecule has 0 aromatic heterocycles. The molecule has 2 saturated heterocycles. The van der Waals surface area contributed by atoms with Crippen LogP contribution in [0.1, 0.15) is 25.3 Å². The Bertz CT molecular complexity index is 500. The molecule has 1 aromatic rings. The number of aryl methyl sites for hydroxylation is 1. The summed E-state index contributed by atoms with van der Waals surface area (Å²) in [6, 6.07) is 8.80. The van der Waals surface area contributed by atoms with E-state index in [0.717, 1.165) is 31.7 Å². The summed E-state index contributed by atoms with van der Waals surface area (Å²) < 4.78 is 5.16. The summed E-state index contributed by atoms with van der Waals surface area (Å²) in [7, 11) is 1.67. The van der Waals surface area contributed by atoms with Crippen LogP contribution in [0.15, 0.2) is 24.3 Å². The molecule has 0 spiro atoms. The molecule has 1 N–H and O–H groups in total. The van der Waals surface area contributed by atoms with Crippen LogP contribution in [0, 0.1) is 5.92 Å². The van der Waals surface area contributed by atoms with Gasteiger partial charge in [0.1, 0.15) is 5.75 Å². The molecule has 4 heteroatoms. The maximum atomic E-state index is 12.6. The first-order chi connectivity index (χ1) is 10.2. The number of hydrogen-bond donors (Lipinski definition) is 1. The molecule has 114 valence electrons. The van der Waals surface area contributed by atoms with E-state index in [1.807, 2.05) is 24.3 Å². The summed E-state index contributed by atoms with van der Waals surface area (Å²) in [6.07, 6.45) is 2.54. The van der Waals surface area contributed by atoms with Crippen LogP contribution in [0.4, 0.5) is 0 Å². The van der Waals surface area contributed by atoms with Gasteiger partial charge in [0.25, 0.3) is 0 Å². The number of methoxy groups -OCH3 is 1. The van der Waals surface area contributed by atoms with Gasteiger partial charge in [-0.15, -0.1) is 0 Å². The van der Waals surface area contributed by atoms with Crippen LogP contribution in [0.3, 0.4) is 0 Å². The van der Waals surface area contributed by atoms with Crippen molar-refractivity contribution in [3.05, 3.63) is 29.8 Å². The maximum absolute atomic E-state index is 12.6. The minimum atomic E-state index is 0.300. The van der Waals surface area contributed by atoms with Crippen LogP contribution >= 0.6 is 0 Å². The number of hydrogen-bond acceptors (Lipinski definition) is 3. The number of likely N-dealkylation sites (tertiary alicyclic amines) is 1. The molecule has 1 amide bonds. The summed E-state index contributed by atoms with van der Waals surface area (Å²) in [5.74, 6) is 1.82. The van der Waals surface area contributed by atoms with E-state index in [1.165, 1.54) is 5.56 Å². The van der Waals surface area contributed by atoms with Crippen LogP contribution in [-0.4, -0.2) is 43.1 Å². The summed E-state index contributed by atoms with van der Waals surface area (Å²) in [4.78, 5) is 14.7. The Hall–Kier alpha value is -1.55. The number of benzene rings is 1. The van der Waals surface area contributed by atoms with Gasteiger partial charge in [0.2, 0.25) is 5.91 Å². The van der Waals surface area contributed by atoms with Gasteiger partial charge in [-0.3, -0.25) is 4.79 Å². The molecular formula is C17H24N2O2. The molecule has 0 bridgehead atoms. The van der Waals surface area contributed by atoms with Crippen molar-refractivity contribution >= 4 is 5.91 Å². The molecule has 0 saturated carbocycles. The fourth-order valence-electron chi connectivity index (χ4n) is 3.77. The third kappa shape index (κ3) is 2.91. The third-order valence-electron chi connectivity index (χ3n) is 4.85.